The van der Waals surface area contributed by atoms with Crippen molar-refractivity contribution in [2.75, 3.05) is 6.54 Å². The van der Waals surface area contributed by atoms with Gasteiger partial charge < -0.3 is 10.0 Å². The molecule has 1 amide bonds. The molecule has 1 aliphatic heterocycles. The first kappa shape index (κ1) is 12.8. The summed E-state index contributed by atoms with van der Waals surface area (Å²) in [6.07, 6.45) is 1.15. The second-order valence-electron chi connectivity index (χ2n) is 4.16. The predicted molar refractivity (Wildman–Crippen MR) is 63.5 cm³/mol. The van der Waals surface area contributed by atoms with Gasteiger partial charge in [0.2, 0.25) is 5.28 Å². The molecule has 0 radical (unpaired) electrons. The lowest BCUT2D eigenvalue weighted by molar-refractivity contribution is -0.141. The molecule has 18 heavy (non-hydrogen) atoms. The Bertz CT molecular complexity index is 486. The maximum atomic E-state index is 12.2. The quantitative estimate of drug-likeness (QED) is 0.814. The molecule has 1 aromatic heterocycles. The van der Waals surface area contributed by atoms with Crippen LogP contribution in [-0.2, 0) is 4.79 Å². The third-order valence-electron chi connectivity index (χ3n) is 2.84. The van der Waals surface area contributed by atoms with Crippen LogP contribution in [0.5, 0.6) is 0 Å². The minimum absolute atomic E-state index is 0.00979. The summed E-state index contributed by atoms with van der Waals surface area (Å²) in [5.74, 6) is -1.40. The minimum atomic E-state index is -0.988. The van der Waals surface area contributed by atoms with Gasteiger partial charge in [0.05, 0.1) is 0 Å². The number of hydrogen-bond donors (Lipinski definition) is 1. The van der Waals surface area contributed by atoms with E-state index in [1.165, 1.54) is 11.0 Å². The largest absolute Gasteiger partial charge is 0.480 e. The second kappa shape index (κ2) is 4.89. The fourth-order valence-electron chi connectivity index (χ4n) is 2.06. The van der Waals surface area contributed by atoms with Crippen LogP contribution in [0.3, 0.4) is 0 Å². The highest BCUT2D eigenvalue weighted by Gasteiger charge is 2.35. The molecule has 2 rings (SSSR count). The predicted octanol–water partition coefficient (Wildman–Crippen LogP) is 1.13. The molecule has 1 atom stereocenters. The summed E-state index contributed by atoms with van der Waals surface area (Å²) in [4.78, 5) is 32.2. The Balaban J connectivity index is 2.28. The number of rotatable bonds is 2. The molecule has 0 bridgehead atoms. The van der Waals surface area contributed by atoms with E-state index in [2.05, 4.69) is 9.97 Å². The summed E-state index contributed by atoms with van der Waals surface area (Å²) in [5.41, 5.74) is 0.713. The number of carbonyl (C=O) groups excluding carboxylic acids is 1. The van der Waals surface area contributed by atoms with Crippen molar-refractivity contribution in [2.24, 2.45) is 0 Å². The lowest BCUT2D eigenvalue weighted by atomic mass is 10.2. The van der Waals surface area contributed by atoms with Gasteiger partial charge >= 0.3 is 5.97 Å². The van der Waals surface area contributed by atoms with Crippen LogP contribution in [-0.4, -0.2) is 44.4 Å². The number of aliphatic carboxylic acids is 1. The van der Waals surface area contributed by atoms with Crippen LogP contribution in [0, 0.1) is 6.92 Å². The third-order valence-corrected chi connectivity index (χ3v) is 3.01. The monoisotopic (exact) mass is 269 g/mol. The number of carboxylic acids is 1. The van der Waals surface area contributed by atoms with E-state index in [0.717, 1.165) is 0 Å². The number of nitrogens with zero attached hydrogens (tertiary/aromatic N) is 3. The molecule has 1 fully saturated rings. The Labute approximate surface area is 109 Å². The van der Waals surface area contributed by atoms with Gasteiger partial charge in [-0.05, 0) is 37.4 Å². The molecular weight excluding hydrogens is 258 g/mol. The number of likely N-dealkylation sites (tertiary alicyclic amines) is 1. The average molecular weight is 270 g/mol. The van der Waals surface area contributed by atoms with Crippen molar-refractivity contribution in [3.63, 3.8) is 0 Å². The summed E-state index contributed by atoms with van der Waals surface area (Å²) < 4.78 is 0. The molecule has 7 heteroatoms. The highest BCUT2D eigenvalue weighted by atomic mass is 35.5. The first-order valence-electron chi connectivity index (χ1n) is 5.54. The van der Waals surface area contributed by atoms with Crippen molar-refractivity contribution < 1.29 is 14.7 Å². The fourth-order valence-corrected chi connectivity index (χ4v) is 2.28. The van der Waals surface area contributed by atoms with Gasteiger partial charge in [-0.25, -0.2) is 14.8 Å². The first-order chi connectivity index (χ1) is 8.49. The summed E-state index contributed by atoms with van der Waals surface area (Å²) in [6, 6.07) is 0.734. The van der Waals surface area contributed by atoms with Crippen LogP contribution in [0.15, 0.2) is 6.07 Å². The van der Waals surface area contributed by atoms with Crippen molar-refractivity contribution in [2.45, 2.75) is 25.8 Å². The van der Waals surface area contributed by atoms with Gasteiger partial charge in [0, 0.05) is 12.2 Å². The SMILES string of the molecule is Cc1cc(C(=O)N2CCC[C@@H]2C(=O)O)nc(Cl)n1. The lowest BCUT2D eigenvalue weighted by Gasteiger charge is -2.20. The number of halogens is 1. The molecule has 1 N–H and O–H groups in total. The molecule has 6 nitrogen and oxygen atoms in total. The van der Waals surface area contributed by atoms with Crippen LogP contribution in [0.1, 0.15) is 29.0 Å². The van der Waals surface area contributed by atoms with Crippen LogP contribution >= 0.6 is 11.6 Å². The van der Waals surface area contributed by atoms with E-state index in [-0.39, 0.29) is 11.0 Å². The first-order valence-corrected chi connectivity index (χ1v) is 5.92. The van der Waals surface area contributed by atoms with Gasteiger partial charge in [0.25, 0.3) is 5.91 Å². The van der Waals surface area contributed by atoms with E-state index < -0.39 is 17.9 Å². The highest BCUT2D eigenvalue weighted by molar-refractivity contribution is 6.28. The number of carbonyl (C=O) groups is 2. The van der Waals surface area contributed by atoms with Gasteiger partial charge in [0.1, 0.15) is 11.7 Å². The summed E-state index contributed by atoms with van der Waals surface area (Å²) in [7, 11) is 0. The van der Waals surface area contributed by atoms with E-state index in [4.69, 9.17) is 16.7 Å². The molecule has 96 valence electrons. The summed E-state index contributed by atoms with van der Waals surface area (Å²) in [5, 5.41) is 9.03. The number of aryl methyl sites for hydroxylation is 1. The molecule has 0 spiro atoms. The zero-order valence-electron chi connectivity index (χ0n) is 9.76. The van der Waals surface area contributed by atoms with E-state index >= 15 is 0 Å². The van der Waals surface area contributed by atoms with Gasteiger partial charge in [-0.1, -0.05) is 0 Å². The lowest BCUT2D eigenvalue weighted by Crippen LogP contribution is -2.40. The maximum absolute atomic E-state index is 12.2. The van der Waals surface area contributed by atoms with Crippen molar-refractivity contribution in [3.8, 4) is 0 Å². The molecule has 0 unspecified atom stereocenters. The minimum Gasteiger partial charge on any atom is -0.480 e. The Morgan fingerprint density at radius 2 is 2.22 bits per heavy atom. The van der Waals surface area contributed by atoms with Crippen molar-refractivity contribution in [3.05, 3.63) is 22.7 Å². The van der Waals surface area contributed by atoms with E-state index in [1.54, 1.807) is 6.92 Å². The summed E-state index contributed by atoms with van der Waals surface area (Å²) >= 11 is 5.69. The topological polar surface area (TPSA) is 83.4 Å². The molecule has 0 aromatic carbocycles. The zero-order valence-corrected chi connectivity index (χ0v) is 10.5. The van der Waals surface area contributed by atoms with Gasteiger partial charge in [-0.3, -0.25) is 4.79 Å². The van der Waals surface area contributed by atoms with Crippen molar-refractivity contribution in [1.82, 2.24) is 14.9 Å². The third kappa shape index (κ3) is 2.43. The number of aromatic nitrogens is 2. The van der Waals surface area contributed by atoms with Crippen LogP contribution in [0.4, 0.5) is 0 Å². The highest BCUT2D eigenvalue weighted by Crippen LogP contribution is 2.20. The average Bonchev–Trinajstić information content (AvgIpc) is 2.75. The molecule has 0 aliphatic carbocycles. The van der Waals surface area contributed by atoms with E-state index in [0.29, 0.717) is 25.1 Å². The summed E-state index contributed by atoms with van der Waals surface area (Å²) in [6.45, 7) is 2.12. The van der Waals surface area contributed by atoms with Crippen LogP contribution < -0.4 is 0 Å². The van der Waals surface area contributed by atoms with Crippen molar-refractivity contribution in [1.29, 1.82) is 0 Å². The maximum Gasteiger partial charge on any atom is 0.326 e. The molecule has 1 saturated heterocycles. The Morgan fingerprint density at radius 3 is 2.83 bits per heavy atom. The molecule has 2 heterocycles. The van der Waals surface area contributed by atoms with Crippen molar-refractivity contribution >= 4 is 23.5 Å². The smallest absolute Gasteiger partial charge is 0.326 e. The molecule has 1 aliphatic rings. The Hall–Kier alpha value is -1.69. The molecule has 0 saturated carbocycles. The molecular formula is C11H12ClN3O3. The Morgan fingerprint density at radius 1 is 1.50 bits per heavy atom. The Kier molecular flexibility index (Phi) is 3.47. The standard InChI is InChI=1S/C11H12ClN3O3/c1-6-5-7(14-11(12)13-6)9(16)15-4-2-3-8(15)10(17)18/h5,8H,2-4H2,1H3,(H,17,18)/t8-/m1/s1. The van der Waals surface area contributed by atoms with Gasteiger partial charge in [0.15, 0.2) is 0 Å². The van der Waals surface area contributed by atoms with E-state index in [9.17, 15) is 9.59 Å². The number of hydrogen-bond acceptors (Lipinski definition) is 4. The second-order valence-corrected chi connectivity index (χ2v) is 4.50. The van der Waals surface area contributed by atoms with Gasteiger partial charge in [-0.15, -0.1) is 0 Å². The number of amides is 1. The van der Waals surface area contributed by atoms with E-state index in [1.807, 2.05) is 0 Å². The molecule has 1 aromatic rings. The fraction of sp³-hybridized carbons (Fsp3) is 0.455. The zero-order chi connectivity index (χ0) is 13.3. The van der Waals surface area contributed by atoms with Crippen LogP contribution in [0.25, 0.3) is 0 Å². The van der Waals surface area contributed by atoms with Crippen LogP contribution in [0.2, 0.25) is 5.28 Å². The number of carboxylic acid groups (broad SMARTS) is 1. The normalized spacial score (nSPS) is 19.0. The van der Waals surface area contributed by atoms with Gasteiger partial charge in [-0.2, -0.15) is 0 Å².